The van der Waals surface area contributed by atoms with Crippen LogP contribution in [-0.4, -0.2) is 58.0 Å². The molecule has 1 aliphatic heterocycles. The standard InChI is InChI=1S/C25H24F2N6O2.ClH/c1-16-14-18(4-7-20(16)24(34)32-11-8-28-9-12-32)31-22-23-30-15-21(33(23)13-10-29-22)17-2-5-19(6-3-17)35-25(26)27;/h2-7,10,13-15,25,28H,8-9,11-12H2,1H3,(H,29,31);1H. The van der Waals surface area contributed by atoms with Gasteiger partial charge in [-0.25, -0.2) is 9.97 Å². The van der Waals surface area contributed by atoms with Crippen molar-refractivity contribution in [3.8, 4) is 17.0 Å². The van der Waals surface area contributed by atoms with Crippen LogP contribution in [0.15, 0.2) is 61.1 Å². The first-order valence-corrected chi connectivity index (χ1v) is 11.2. The summed E-state index contributed by atoms with van der Waals surface area (Å²) in [5, 5.41) is 6.55. The Balaban J connectivity index is 0.00000304. The van der Waals surface area contributed by atoms with Crippen LogP contribution in [0.1, 0.15) is 15.9 Å². The summed E-state index contributed by atoms with van der Waals surface area (Å²) in [5.41, 5.74) is 4.53. The molecule has 1 amide bonds. The lowest BCUT2D eigenvalue weighted by atomic mass is 10.1. The largest absolute Gasteiger partial charge is 0.435 e. The van der Waals surface area contributed by atoms with Gasteiger partial charge in [0.2, 0.25) is 0 Å². The maximum atomic E-state index is 12.9. The summed E-state index contributed by atoms with van der Waals surface area (Å²) in [7, 11) is 0. The van der Waals surface area contributed by atoms with Crippen LogP contribution < -0.4 is 15.4 Å². The van der Waals surface area contributed by atoms with Crippen LogP contribution in [0.3, 0.4) is 0 Å². The fourth-order valence-corrected chi connectivity index (χ4v) is 4.18. The Morgan fingerprint density at radius 1 is 1.11 bits per heavy atom. The zero-order chi connectivity index (χ0) is 24.4. The first-order valence-electron chi connectivity index (χ1n) is 11.2. The fourth-order valence-electron chi connectivity index (χ4n) is 4.18. The molecule has 5 rings (SSSR count). The van der Waals surface area contributed by atoms with Crippen molar-refractivity contribution in [2.45, 2.75) is 13.5 Å². The zero-order valence-corrected chi connectivity index (χ0v) is 20.3. The molecule has 8 nitrogen and oxygen atoms in total. The van der Waals surface area contributed by atoms with Gasteiger partial charge < -0.3 is 20.3 Å². The van der Waals surface area contributed by atoms with Gasteiger partial charge in [0.1, 0.15) is 5.75 Å². The monoisotopic (exact) mass is 514 g/mol. The number of ether oxygens (including phenoxy) is 1. The molecule has 36 heavy (non-hydrogen) atoms. The molecule has 0 unspecified atom stereocenters. The summed E-state index contributed by atoms with van der Waals surface area (Å²) in [6.45, 7) is 2.07. The second-order valence-electron chi connectivity index (χ2n) is 8.21. The molecule has 2 N–H and O–H groups in total. The highest BCUT2D eigenvalue weighted by molar-refractivity contribution is 5.96. The van der Waals surface area contributed by atoms with Crippen molar-refractivity contribution in [3.05, 3.63) is 72.2 Å². The summed E-state index contributed by atoms with van der Waals surface area (Å²) < 4.78 is 31.1. The summed E-state index contributed by atoms with van der Waals surface area (Å²) in [6, 6.07) is 12.0. The SMILES string of the molecule is Cc1cc(Nc2nccn3c(-c4ccc(OC(F)F)cc4)cnc23)ccc1C(=O)N1CCNCC1.Cl. The highest BCUT2D eigenvalue weighted by atomic mass is 35.5. The van der Waals surface area contributed by atoms with Crippen molar-refractivity contribution in [1.82, 2.24) is 24.6 Å². The van der Waals surface area contributed by atoms with Crippen LogP contribution in [0, 0.1) is 6.92 Å². The van der Waals surface area contributed by atoms with E-state index in [2.05, 4.69) is 25.3 Å². The number of hydrogen-bond acceptors (Lipinski definition) is 6. The molecule has 188 valence electrons. The first-order chi connectivity index (χ1) is 17.0. The highest BCUT2D eigenvalue weighted by Gasteiger charge is 2.20. The van der Waals surface area contributed by atoms with Gasteiger partial charge in [0.15, 0.2) is 11.5 Å². The molecule has 0 spiro atoms. The number of imidazole rings is 1. The van der Waals surface area contributed by atoms with Gasteiger partial charge in [-0.2, -0.15) is 8.78 Å². The minimum Gasteiger partial charge on any atom is -0.435 e. The number of carbonyl (C=O) groups is 1. The van der Waals surface area contributed by atoms with E-state index in [0.29, 0.717) is 30.1 Å². The normalized spacial score (nSPS) is 13.5. The van der Waals surface area contributed by atoms with Crippen LogP contribution in [0.4, 0.5) is 20.3 Å². The molecule has 1 aliphatic rings. The van der Waals surface area contributed by atoms with Gasteiger partial charge in [0.05, 0.1) is 11.9 Å². The Morgan fingerprint density at radius 3 is 2.56 bits per heavy atom. The number of carbonyl (C=O) groups excluding carboxylic acids is 1. The lowest BCUT2D eigenvalue weighted by Crippen LogP contribution is -2.46. The molecular weight excluding hydrogens is 490 g/mol. The Bertz CT molecular complexity index is 1360. The molecule has 2 aromatic heterocycles. The average Bonchev–Trinajstić information content (AvgIpc) is 3.30. The molecule has 11 heteroatoms. The number of piperazine rings is 1. The van der Waals surface area contributed by atoms with E-state index in [1.54, 1.807) is 30.7 Å². The lowest BCUT2D eigenvalue weighted by Gasteiger charge is -2.28. The molecule has 0 radical (unpaired) electrons. The molecule has 1 fully saturated rings. The smallest absolute Gasteiger partial charge is 0.387 e. The number of anilines is 2. The fraction of sp³-hybridized carbons (Fsp3) is 0.240. The first kappa shape index (κ1) is 25.3. The van der Waals surface area contributed by atoms with Crippen LogP contribution in [0.25, 0.3) is 16.9 Å². The molecule has 2 aromatic carbocycles. The predicted molar refractivity (Wildman–Crippen MR) is 136 cm³/mol. The Hall–Kier alpha value is -3.76. The van der Waals surface area contributed by atoms with Crippen LogP contribution in [0.5, 0.6) is 5.75 Å². The van der Waals surface area contributed by atoms with Gasteiger partial charge >= 0.3 is 6.61 Å². The Labute approximate surface area is 212 Å². The Morgan fingerprint density at radius 2 is 1.86 bits per heavy atom. The summed E-state index contributed by atoms with van der Waals surface area (Å²) >= 11 is 0. The third-order valence-corrected chi connectivity index (χ3v) is 5.93. The van der Waals surface area contributed by atoms with Crippen LogP contribution >= 0.6 is 12.4 Å². The summed E-state index contributed by atoms with van der Waals surface area (Å²) in [4.78, 5) is 23.7. The van der Waals surface area contributed by atoms with E-state index in [-0.39, 0.29) is 24.1 Å². The van der Waals surface area contributed by atoms with Crippen molar-refractivity contribution < 1.29 is 18.3 Å². The third kappa shape index (κ3) is 5.24. The van der Waals surface area contributed by atoms with E-state index in [9.17, 15) is 13.6 Å². The van der Waals surface area contributed by atoms with Gasteiger partial charge in [0.25, 0.3) is 5.91 Å². The van der Waals surface area contributed by atoms with E-state index >= 15 is 0 Å². The zero-order valence-electron chi connectivity index (χ0n) is 19.4. The van der Waals surface area contributed by atoms with Gasteiger partial charge in [-0.1, -0.05) is 0 Å². The number of aromatic nitrogens is 3. The van der Waals surface area contributed by atoms with Gasteiger partial charge in [-0.05, 0) is 55.0 Å². The number of hydrogen-bond donors (Lipinski definition) is 2. The number of nitrogens with one attached hydrogen (secondary N) is 2. The maximum Gasteiger partial charge on any atom is 0.387 e. The molecule has 0 aliphatic carbocycles. The van der Waals surface area contributed by atoms with Gasteiger partial charge in [0, 0.05) is 55.4 Å². The topological polar surface area (TPSA) is 83.8 Å². The molecule has 0 saturated carbocycles. The molecule has 4 aromatic rings. The van der Waals surface area contributed by atoms with Crippen LogP contribution in [-0.2, 0) is 0 Å². The molecule has 0 atom stereocenters. The average molecular weight is 515 g/mol. The van der Waals surface area contributed by atoms with E-state index in [4.69, 9.17) is 0 Å². The van der Waals surface area contributed by atoms with Crippen LogP contribution in [0.2, 0.25) is 0 Å². The third-order valence-electron chi connectivity index (χ3n) is 5.93. The van der Waals surface area contributed by atoms with E-state index in [1.807, 2.05) is 34.4 Å². The quantitative estimate of drug-likeness (QED) is 0.394. The molecule has 3 heterocycles. The van der Waals surface area contributed by atoms with E-state index in [0.717, 1.165) is 35.6 Å². The number of halogens is 3. The molecule has 0 bridgehead atoms. The molecule has 1 saturated heterocycles. The van der Waals surface area contributed by atoms with E-state index < -0.39 is 6.61 Å². The van der Waals surface area contributed by atoms with Crippen molar-refractivity contribution in [1.29, 1.82) is 0 Å². The van der Waals surface area contributed by atoms with Crippen molar-refractivity contribution in [2.24, 2.45) is 0 Å². The second kappa shape index (κ2) is 10.9. The van der Waals surface area contributed by atoms with Gasteiger partial charge in [-0.3, -0.25) is 9.20 Å². The number of nitrogens with zero attached hydrogens (tertiary/aromatic N) is 4. The van der Waals surface area contributed by atoms with E-state index in [1.165, 1.54) is 12.1 Å². The summed E-state index contributed by atoms with van der Waals surface area (Å²) in [6.07, 6.45) is 5.14. The Kier molecular flexibility index (Phi) is 7.66. The van der Waals surface area contributed by atoms with Crippen molar-refractivity contribution in [2.75, 3.05) is 31.5 Å². The van der Waals surface area contributed by atoms with Gasteiger partial charge in [-0.15, -0.1) is 12.4 Å². The minimum atomic E-state index is -2.87. The number of aryl methyl sites for hydroxylation is 1. The highest BCUT2D eigenvalue weighted by Crippen LogP contribution is 2.28. The number of alkyl halides is 2. The predicted octanol–water partition coefficient (Wildman–Crippen LogP) is 4.52. The van der Waals surface area contributed by atoms with Crippen molar-refractivity contribution >= 4 is 35.5 Å². The summed E-state index contributed by atoms with van der Waals surface area (Å²) in [5.74, 6) is 0.687. The number of rotatable bonds is 6. The molecular formula is C25H25ClF2N6O2. The van der Waals surface area contributed by atoms with Crippen molar-refractivity contribution in [3.63, 3.8) is 0 Å². The number of benzene rings is 2. The second-order valence-corrected chi connectivity index (χ2v) is 8.21. The number of fused-ring (bicyclic) bond motifs is 1. The maximum absolute atomic E-state index is 12.9. The minimum absolute atomic E-state index is 0. The lowest BCUT2D eigenvalue weighted by molar-refractivity contribution is -0.0498. The number of amides is 1.